The third kappa shape index (κ3) is 3.25. The summed E-state index contributed by atoms with van der Waals surface area (Å²) in [7, 11) is 0. The van der Waals surface area contributed by atoms with Crippen LogP contribution in [0.4, 0.5) is 0 Å². The summed E-state index contributed by atoms with van der Waals surface area (Å²) in [6.45, 7) is 6.34. The SMILES string of the molecule is CCOC(=O)C1=C(C)NC2=C(C(=O)c3ccccc32)[C@@H]1c1ccc(OCC)c(Br)c1. The number of dihydropyridines is 1. The second kappa shape index (κ2) is 8.11. The van der Waals surface area contributed by atoms with Crippen molar-refractivity contribution in [2.75, 3.05) is 13.2 Å². The number of rotatable bonds is 5. The van der Waals surface area contributed by atoms with Crippen molar-refractivity contribution >= 4 is 33.4 Å². The molecule has 4 rings (SSSR count). The van der Waals surface area contributed by atoms with E-state index >= 15 is 0 Å². The van der Waals surface area contributed by atoms with E-state index in [9.17, 15) is 9.59 Å². The van der Waals surface area contributed by atoms with Gasteiger partial charge in [-0.1, -0.05) is 30.3 Å². The van der Waals surface area contributed by atoms with Gasteiger partial charge in [0, 0.05) is 28.3 Å². The number of hydrogen-bond donors (Lipinski definition) is 1. The first-order chi connectivity index (χ1) is 14.5. The van der Waals surface area contributed by atoms with Crippen molar-refractivity contribution < 1.29 is 19.1 Å². The lowest BCUT2D eigenvalue weighted by molar-refractivity contribution is -0.138. The molecule has 0 saturated heterocycles. The molecule has 1 aliphatic carbocycles. The highest BCUT2D eigenvalue weighted by atomic mass is 79.9. The topological polar surface area (TPSA) is 64.6 Å². The number of carbonyl (C=O) groups is 2. The van der Waals surface area contributed by atoms with Gasteiger partial charge in [-0.05, 0) is 54.4 Å². The Kier molecular flexibility index (Phi) is 5.52. The summed E-state index contributed by atoms with van der Waals surface area (Å²) in [5.41, 5.74) is 4.79. The van der Waals surface area contributed by atoms with Gasteiger partial charge in [-0.25, -0.2) is 4.79 Å². The van der Waals surface area contributed by atoms with E-state index in [-0.39, 0.29) is 12.4 Å². The summed E-state index contributed by atoms with van der Waals surface area (Å²) >= 11 is 3.56. The number of fused-ring (bicyclic) bond motifs is 2. The Morgan fingerprint density at radius 2 is 1.83 bits per heavy atom. The maximum absolute atomic E-state index is 13.4. The molecule has 0 fully saturated rings. The van der Waals surface area contributed by atoms with Gasteiger partial charge in [0.25, 0.3) is 0 Å². The molecular formula is C24H22BrNO4. The van der Waals surface area contributed by atoms with E-state index in [4.69, 9.17) is 9.47 Å². The summed E-state index contributed by atoms with van der Waals surface area (Å²) < 4.78 is 11.7. The predicted molar refractivity (Wildman–Crippen MR) is 118 cm³/mol. The Bertz CT molecular complexity index is 1120. The smallest absolute Gasteiger partial charge is 0.336 e. The largest absolute Gasteiger partial charge is 0.493 e. The molecule has 0 radical (unpaired) electrons. The van der Waals surface area contributed by atoms with E-state index < -0.39 is 11.9 Å². The van der Waals surface area contributed by atoms with Gasteiger partial charge >= 0.3 is 5.97 Å². The quantitative estimate of drug-likeness (QED) is 0.628. The number of halogens is 1. The zero-order chi connectivity index (χ0) is 21.4. The Balaban J connectivity index is 1.90. The number of ketones is 1. The molecule has 0 amide bonds. The van der Waals surface area contributed by atoms with Gasteiger partial charge in [-0.15, -0.1) is 0 Å². The Labute approximate surface area is 183 Å². The summed E-state index contributed by atoms with van der Waals surface area (Å²) in [6, 6.07) is 13.2. The number of carbonyl (C=O) groups excluding carboxylic acids is 2. The van der Waals surface area contributed by atoms with Crippen LogP contribution in [0, 0.1) is 0 Å². The zero-order valence-electron chi connectivity index (χ0n) is 17.0. The first-order valence-corrected chi connectivity index (χ1v) is 10.7. The van der Waals surface area contributed by atoms with Crippen LogP contribution in [-0.4, -0.2) is 25.0 Å². The molecule has 1 heterocycles. The maximum atomic E-state index is 13.4. The standard InChI is InChI=1S/C24H22BrNO4/c1-4-29-18-11-10-14(12-17(18)25)20-19(24(28)30-5-2)13(3)26-22-15-8-6-7-9-16(15)23(27)21(20)22/h6-12,20,26H,4-5H2,1-3H3/t20-/m1/s1. The fourth-order valence-electron chi connectivity index (χ4n) is 4.11. The van der Waals surface area contributed by atoms with Crippen molar-refractivity contribution in [3.05, 3.63) is 80.5 Å². The van der Waals surface area contributed by atoms with Gasteiger partial charge in [0.05, 0.1) is 29.0 Å². The molecular weight excluding hydrogens is 446 g/mol. The van der Waals surface area contributed by atoms with E-state index in [0.717, 1.165) is 21.3 Å². The first-order valence-electron chi connectivity index (χ1n) is 9.93. The van der Waals surface area contributed by atoms with Crippen LogP contribution in [0.5, 0.6) is 5.75 Å². The highest BCUT2D eigenvalue weighted by molar-refractivity contribution is 9.10. The first kappa shape index (κ1) is 20.4. The van der Waals surface area contributed by atoms with E-state index in [0.29, 0.717) is 34.8 Å². The Morgan fingerprint density at radius 1 is 1.10 bits per heavy atom. The van der Waals surface area contributed by atoms with Gasteiger partial charge < -0.3 is 14.8 Å². The lowest BCUT2D eigenvalue weighted by atomic mass is 9.80. The molecule has 1 aliphatic heterocycles. The van der Waals surface area contributed by atoms with Crippen molar-refractivity contribution in [2.24, 2.45) is 0 Å². The number of Topliss-reactive ketones (excluding diaryl/α,β-unsaturated/α-hetero) is 1. The summed E-state index contributed by atoms with van der Waals surface area (Å²) in [5, 5.41) is 3.30. The molecule has 6 heteroatoms. The van der Waals surface area contributed by atoms with Gasteiger partial charge in [-0.2, -0.15) is 0 Å². The van der Waals surface area contributed by atoms with E-state index in [2.05, 4.69) is 21.2 Å². The Hall–Kier alpha value is -2.86. The number of hydrogen-bond acceptors (Lipinski definition) is 5. The second-order valence-corrected chi connectivity index (χ2v) is 7.96. The van der Waals surface area contributed by atoms with Crippen LogP contribution in [0.1, 0.15) is 48.2 Å². The minimum Gasteiger partial charge on any atom is -0.493 e. The van der Waals surface area contributed by atoms with Gasteiger partial charge in [0.15, 0.2) is 5.78 Å². The predicted octanol–water partition coefficient (Wildman–Crippen LogP) is 4.98. The van der Waals surface area contributed by atoms with E-state index in [1.807, 2.05) is 56.3 Å². The normalized spacial score (nSPS) is 17.5. The van der Waals surface area contributed by atoms with Crippen LogP contribution >= 0.6 is 15.9 Å². The molecule has 0 unspecified atom stereocenters. The molecule has 1 atom stereocenters. The Morgan fingerprint density at radius 3 is 2.50 bits per heavy atom. The molecule has 5 nitrogen and oxygen atoms in total. The third-order valence-electron chi connectivity index (χ3n) is 5.33. The van der Waals surface area contributed by atoms with Crippen molar-refractivity contribution in [3.63, 3.8) is 0 Å². The van der Waals surface area contributed by atoms with Gasteiger partial charge in [0.2, 0.25) is 0 Å². The molecule has 154 valence electrons. The average Bonchev–Trinajstić information content (AvgIpc) is 3.01. The van der Waals surface area contributed by atoms with E-state index in [1.165, 1.54) is 0 Å². The maximum Gasteiger partial charge on any atom is 0.336 e. The third-order valence-corrected chi connectivity index (χ3v) is 5.95. The summed E-state index contributed by atoms with van der Waals surface area (Å²) in [4.78, 5) is 26.3. The lowest BCUT2D eigenvalue weighted by Gasteiger charge is -2.29. The van der Waals surface area contributed by atoms with Crippen molar-refractivity contribution in [2.45, 2.75) is 26.7 Å². The number of esters is 1. The highest BCUT2D eigenvalue weighted by Crippen LogP contribution is 2.47. The fourth-order valence-corrected chi connectivity index (χ4v) is 4.62. The van der Waals surface area contributed by atoms with Crippen molar-refractivity contribution in [1.82, 2.24) is 5.32 Å². The second-order valence-electron chi connectivity index (χ2n) is 7.10. The highest BCUT2D eigenvalue weighted by Gasteiger charge is 2.42. The van der Waals surface area contributed by atoms with Crippen LogP contribution in [0.15, 0.2) is 63.8 Å². The zero-order valence-corrected chi connectivity index (χ0v) is 18.6. The monoisotopic (exact) mass is 467 g/mol. The molecule has 2 aliphatic rings. The number of allylic oxidation sites excluding steroid dienone is 2. The van der Waals surface area contributed by atoms with Crippen LogP contribution in [0.25, 0.3) is 5.70 Å². The molecule has 30 heavy (non-hydrogen) atoms. The number of nitrogens with one attached hydrogen (secondary N) is 1. The molecule has 2 aromatic carbocycles. The lowest BCUT2D eigenvalue weighted by Crippen LogP contribution is -2.29. The van der Waals surface area contributed by atoms with Crippen molar-refractivity contribution in [3.8, 4) is 5.75 Å². The van der Waals surface area contributed by atoms with Crippen LogP contribution in [-0.2, 0) is 9.53 Å². The fraction of sp³-hybridized carbons (Fsp3) is 0.250. The molecule has 0 spiro atoms. The molecule has 0 bridgehead atoms. The van der Waals surface area contributed by atoms with Gasteiger partial charge in [-0.3, -0.25) is 4.79 Å². The molecule has 2 aromatic rings. The summed E-state index contributed by atoms with van der Waals surface area (Å²) in [5.74, 6) is -0.318. The molecule has 0 saturated carbocycles. The minimum atomic E-state index is -0.535. The number of benzene rings is 2. The van der Waals surface area contributed by atoms with E-state index in [1.54, 1.807) is 6.92 Å². The molecule has 1 N–H and O–H groups in total. The van der Waals surface area contributed by atoms with Crippen LogP contribution in [0.2, 0.25) is 0 Å². The summed E-state index contributed by atoms with van der Waals surface area (Å²) in [6.07, 6.45) is 0. The number of ether oxygens (including phenoxy) is 2. The van der Waals surface area contributed by atoms with Gasteiger partial charge in [0.1, 0.15) is 5.75 Å². The average molecular weight is 468 g/mol. The van der Waals surface area contributed by atoms with Crippen LogP contribution in [0.3, 0.4) is 0 Å². The minimum absolute atomic E-state index is 0.0718. The molecule has 0 aromatic heterocycles. The van der Waals surface area contributed by atoms with Crippen LogP contribution < -0.4 is 10.1 Å². The van der Waals surface area contributed by atoms with Crippen molar-refractivity contribution in [1.29, 1.82) is 0 Å².